The smallest absolute Gasteiger partial charge is 0.316 e. The van der Waals surface area contributed by atoms with E-state index in [2.05, 4.69) is 9.97 Å². The molecule has 0 aliphatic heterocycles. The van der Waals surface area contributed by atoms with Crippen LogP contribution in [0.15, 0.2) is 12.3 Å². The molecule has 0 bridgehead atoms. The molecule has 0 aliphatic rings. The van der Waals surface area contributed by atoms with E-state index in [0.717, 1.165) is 18.5 Å². The molecule has 0 unspecified atom stereocenters. The van der Waals surface area contributed by atoms with Crippen LogP contribution in [0.4, 0.5) is 0 Å². The first kappa shape index (κ1) is 10.9. The molecule has 0 aromatic carbocycles. The van der Waals surface area contributed by atoms with Crippen molar-refractivity contribution in [2.45, 2.75) is 32.8 Å². The second-order valence-electron chi connectivity index (χ2n) is 3.39. The lowest BCUT2D eigenvalue weighted by molar-refractivity contribution is 0.221. The molecule has 1 aromatic heterocycles. The molecule has 1 aromatic rings. The van der Waals surface area contributed by atoms with Crippen molar-refractivity contribution in [3.8, 4) is 6.01 Å². The van der Waals surface area contributed by atoms with Crippen LogP contribution in [-0.2, 0) is 6.42 Å². The summed E-state index contributed by atoms with van der Waals surface area (Å²) in [5.41, 5.74) is 6.41. The highest BCUT2D eigenvalue weighted by Gasteiger charge is 2.01. The molecule has 4 nitrogen and oxygen atoms in total. The van der Waals surface area contributed by atoms with Gasteiger partial charge in [0.05, 0.1) is 6.10 Å². The van der Waals surface area contributed by atoms with Crippen molar-refractivity contribution in [2.24, 2.45) is 5.73 Å². The van der Waals surface area contributed by atoms with E-state index >= 15 is 0 Å². The Morgan fingerprint density at radius 2 is 2.29 bits per heavy atom. The van der Waals surface area contributed by atoms with Gasteiger partial charge in [-0.1, -0.05) is 0 Å². The summed E-state index contributed by atoms with van der Waals surface area (Å²) in [7, 11) is 0. The van der Waals surface area contributed by atoms with E-state index in [1.807, 2.05) is 19.9 Å². The lowest BCUT2D eigenvalue weighted by Gasteiger charge is -2.07. The van der Waals surface area contributed by atoms with Crippen LogP contribution in [0, 0.1) is 0 Å². The lowest BCUT2D eigenvalue weighted by Crippen LogP contribution is -2.09. The third-order valence-corrected chi connectivity index (χ3v) is 1.67. The summed E-state index contributed by atoms with van der Waals surface area (Å²) in [5, 5.41) is 0. The van der Waals surface area contributed by atoms with E-state index in [1.54, 1.807) is 6.20 Å². The summed E-state index contributed by atoms with van der Waals surface area (Å²) < 4.78 is 5.38. The first-order chi connectivity index (χ1) is 6.72. The molecule has 1 rings (SSSR count). The monoisotopic (exact) mass is 195 g/mol. The zero-order valence-corrected chi connectivity index (χ0v) is 8.73. The Kier molecular flexibility index (Phi) is 4.32. The number of aryl methyl sites for hydroxylation is 1. The second kappa shape index (κ2) is 5.54. The van der Waals surface area contributed by atoms with Gasteiger partial charge < -0.3 is 10.5 Å². The zero-order chi connectivity index (χ0) is 10.4. The van der Waals surface area contributed by atoms with Crippen LogP contribution < -0.4 is 10.5 Å². The second-order valence-corrected chi connectivity index (χ2v) is 3.39. The standard InChI is InChI=1S/C10H17N3O/c1-8(2)14-10-12-7-5-9(13-10)4-3-6-11/h5,7-8H,3-4,6,11H2,1-2H3. The van der Waals surface area contributed by atoms with Gasteiger partial charge in [0.15, 0.2) is 0 Å². The first-order valence-corrected chi connectivity index (χ1v) is 4.91. The van der Waals surface area contributed by atoms with Crippen LogP contribution in [0.5, 0.6) is 6.01 Å². The van der Waals surface area contributed by atoms with Crippen LogP contribution in [0.3, 0.4) is 0 Å². The third-order valence-electron chi connectivity index (χ3n) is 1.67. The molecular weight excluding hydrogens is 178 g/mol. The Labute approximate surface area is 84.5 Å². The Bertz CT molecular complexity index is 276. The van der Waals surface area contributed by atoms with Gasteiger partial charge in [-0.2, -0.15) is 0 Å². The van der Waals surface area contributed by atoms with E-state index in [4.69, 9.17) is 10.5 Å². The molecule has 0 saturated carbocycles. The molecule has 2 N–H and O–H groups in total. The van der Waals surface area contributed by atoms with Crippen molar-refractivity contribution in [1.82, 2.24) is 9.97 Å². The minimum absolute atomic E-state index is 0.111. The Hall–Kier alpha value is -1.16. The molecule has 0 amide bonds. The number of hydrogen-bond acceptors (Lipinski definition) is 4. The van der Waals surface area contributed by atoms with Gasteiger partial charge in [0.2, 0.25) is 0 Å². The molecule has 4 heteroatoms. The topological polar surface area (TPSA) is 61.0 Å². The summed E-state index contributed by atoms with van der Waals surface area (Å²) >= 11 is 0. The number of nitrogens with zero attached hydrogens (tertiary/aromatic N) is 2. The van der Waals surface area contributed by atoms with Crippen molar-refractivity contribution in [3.05, 3.63) is 18.0 Å². The molecule has 0 saturated heterocycles. The Morgan fingerprint density at radius 1 is 1.50 bits per heavy atom. The zero-order valence-electron chi connectivity index (χ0n) is 8.73. The Balaban J connectivity index is 2.59. The van der Waals surface area contributed by atoms with Gasteiger partial charge in [0, 0.05) is 11.9 Å². The average Bonchev–Trinajstić information content (AvgIpc) is 2.14. The molecule has 0 spiro atoms. The van der Waals surface area contributed by atoms with E-state index in [-0.39, 0.29) is 6.10 Å². The van der Waals surface area contributed by atoms with Gasteiger partial charge in [-0.05, 0) is 39.3 Å². The van der Waals surface area contributed by atoms with Crippen molar-refractivity contribution >= 4 is 0 Å². The van der Waals surface area contributed by atoms with Gasteiger partial charge in [-0.15, -0.1) is 0 Å². The van der Waals surface area contributed by atoms with Crippen molar-refractivity contribution < 1.29 is 4.74 Å². The van der Waals surface area contributed by atoms with Crippen molar-refractivity contribution in [2.75, 3.05) is 6.54 Å². The maximum atomic E-state index is 5.42. The number of hydrogen-bond donors (Lipinski definition) is 1. The summed E-state index contributed by atoms with van der Waals surface area (Å²) in [6.07, 6.45) is 3.65. The molecule has 0 atom stereocenters. The van der Waals surface area contributed by atoms with Crippen LogP contribution in [0.1, 0.15) is 26.0 Å². The van der Waals surface area contributed by atoms with Gasteiger partial charge in [-0.25, -0.2) is 9.97 Å². The predicted molar refractivity (Wildman–Crippen MR) is 55.2 cm³/mol. The van der Waals surface area contributed by atoms with Gasteiger partial charge >= 0.3 is 6.01 Å². The fourth-order valence-electron chi connectivity index (χ4n) is 1.07. The predicted octanol–water partition coefficient (Wildman–Crippen LogP) is 1.16. The normalized spacial score (nSPS) is 10.6. The highest BCUT2D eigenvalue weighted by Crippen LogP contribution is 2.06. The van der Waals surface area contributed by atoms with Crippen LogP contribution in [0.25, 0.3) is 0 Å². The van der Waals surface area contributed by atoms with Crippen molar-refractivity contribution in [1.29, 1.82) is 0 Å². The molecule has 78 valence electrons. The molecule has 0 fully saturated rings. The van der Waals surface area contributed by atoms with Gasteiger partial charge in [-0.3, -0.25) is 0 Å². The number of aromatic nitrogens is 2. The fraction of sp³-hybridized carbons (Fsp3) is 0.600. The van der Waals surface area contributed by atoms with Crippen molar-refractivity contribution in [3.63, 3.8) is 0 Å². The summed E-state index contributed by atoms with van der Waals surface area (Å²) in [4.78, 5) is 8.28. The van der Waals surface area contributed by atoms with E-state index in [1.165, 1.54) is 0 Å². The maximum absolute atomic E-state index is 5.42. The van der Waals surface area contributed by atoms with E-state index < -0.39 is 0 Å². The first-order valence-electron chi connectivity index (χ1n) is 4.91. The molecular formula is C10H17N3O. The Morgan fingerprint density at radius 3 is 2.93 bits per heavy atom. The highest BCUT2D eigenvalue weighted by molar-refractivity contribution is 5.05. The fourth-order valence-corrected chi connectivity index (χ4v) is 1.07. The largest absolute Gasteiger partial charge is 0.461 e. The summed E-state index contributed by atoms with van der Waals surface area (Å²) in [6, 6.07) is 2.34. The summed E-state index contributed by atoms with van der Waals surface area (Å²) in [5.74, 6) is 0. The maximum Gasteiger partial charge on any atom is 0.316 e. The third kappa shape index (κ3) is 3.70. The molecule has 14 heavy (non-hydrogen) atoms. The molecule has 1 heterocycles. The number of nitrogens with two attached hydrogens (primary N) is 1. The summed E-state index contributed by atoms with van der Waals surface area (Å²) in [6.45, 7) is 4.59. The molecule has 0 aliphatic carbocycles. The van der Waals surface area contributed by atoms with Gasteiger partial charge in [0.1, 0.15) is 0 Å². The molecule has 0 radical (unpaired) electrons. The van der Waals surface area contributed by atoms with E-state index in [0.29, 0.717) is 12.6 Å². The lowest BCUT2D eigenvalue weighted by atomic mass is 10.2. The SMILES string of the molecule is CC(C)Oc1nccc(CCCN)n1. The van der Waals surface area contributed by atoms with Crippen LogP contribution in [0.2, 0.25) is 0 Å². The van der Waals surface area contributed by atoms with Crippen LogP contribution in [-0.4, -0.2) is 22.6 Å². The highest BCUT2D eigenvalue weighted by atomic mass is 16.5. The number of ether oxygens (including phenoxy) is 1. The average molecular weight is 195 g/mol. The van der Waals surface area contributed by atoms with E-state index in [9.17, 15) is 0 Å². The minimum atomic E-state index is 0.111. The quantitative estimate of drug-likeness (QED) is 0.765. The minimum Gasteiger partial charge on any atom is -0.461 e. The van der Waals surface area contributed by atoms with Crippen LogP contribution >= 0.6 is 0 Å². The number of rotatable bonds is 5. The van der Waals surface area contributed by atoms with Gasteiger partial charge in [0.25, 0.3) is 0 Å².